The van der Waals surface area contributed by atoms with E-state index in [0.717, 1.165) is 0 Å². The number of carboxylic acid groups (broad SMARTS) is 1. The fourth-order valence-electron chi connectivity index (χ4n) is 0.870. The van der Waals surface area contributed by atoms with Gasteiger partial charge in [0.25, 0.3) is 0 Å². The molecule has 3 N–H and O–H groups in total. The number of azide groups is 1. The van der Waals surface area contributed by atoms with Crippen molar-refractivity contribution in [3.8, 4) is 0 Å². The number of carbonyl (C=O) groups excluding carboxylic acids is 1. The first-order chi connectivity index (χ1) is 8.51. The second-order valence-corrected chi connectivity index (χ2v) is 3.06. The van der Waals surface area contributed by atoms with Gasteiger partial charge in [0.2, 0.25) is 0 Å². The molecule has 0 aliphatic rings. The van der Waals surface area contributed by atoms with E-state index in [0.29, 0.717) is 0 Å². The van der Waals surface area contributed by atoms with Crippen molar-refractivity contribution in [2.45, 2.75) is 25.0 Å². The molecule has 0 spiro atoms. The number of carboxylic acids is 1. The maximum atomic E-state index is 11.3. The number of hydrogen-bond acceptors (Lipinski definition) is 6. The van der Waals surface area contributed by atoms with Crippen LogP contribution in [0.2, 0.25) is 0 Å². The summed E-state index contributed by atoms with van der Waals surface area (Å²) in [6.07, 6.45) is -1.55. The van der Waals surface area contributed by atoms with Gasteiger partial charge in [-0.05, 0) is 17.5 Å². The molecule has 0 bridgehead atoms. The van der Waals surface area contributed by atoms with Crippen LogP contribution in [-0.4, -0.2) is 35.9 Å². The molecule has 0 heterocycles. The molecule has 0 aliphatic carbocycles. The molecule has 18 heavy (non-hydrogen) atoms. The molecule has 0 aromatic rings. The third-order valence-electron chi connectivity index (χ3n) is 1.72. The zero-order valence-electron chi connectivity index (χ0n) is 9.21. The minimum absolute atomic E-state index is 0.0815. The first kappa shape index (κ1) is 15.5. The molecule has 98 valence electrons. The Hall–Kier alpha value is -2.48. The Kier molecular flexibility index (Phi) is 7.46. The molecule has 11 heteroatoms. The van der Waals surface area contributed by atoms with Crippen molar-refractivity contribution in [2.24, 2.45) is 16.0 Å². The molecule has 0 aromatic heterocycles. The minimum atomic E-state index is -1.20. The zero-order valence-corrected chi connectivity index (χ0v) is 9.21. The molecule has 1 atom stereocenters. The maximum absolute atomic E-state index is 11.3. The zero-order chi connectivity index (χ0) is 14.0. The highest BCUT2D eigenvalue weighted by Crippen LogP contribution is 2.01. The Bertz CT molecular complexity index is 381. The SMILES string of the molecule is [N-]=[N+]=NC(COC(=O)[C@@H](N)CCC(=O)O)N=[N+]=[N-]. The van der Waals surface area contributed by atoms with Crippen molar-refractivity contribution in [3.63, 3.8) is 0 Å². The third kappa shape index (κ3) is 6.90. The lowest BCUT2D eigenvalue weighted by atomic mass is 10.2. The van der Waals surface area contributed by atoms with Crippen molar-refractivity contribution in [1.82, 2.24) is 0 Å². The second kappa shape index (κ2) is 8.65. The van der Waals surface area contributed by atoms with Gasteiger partial charge in [-0.2, -0.15) is 0 Å². The predicted octanol–water partition coefficient (Wildman–Crippen LogP) is 0.668. The van der Waals surface area contributed by atoms with E-state index in [2.05, 4.69) is 24.8 Å². The monoisotopic (exact) mass is 257 g/mol. The summed E-state index contributed by atoms with van der Waals surface area (Å²) in [6, 6.07) is -1.10. The van der Waals surface area contributed by atoms with Gasteiger partial charge < -0.3 is 15.6 Å². The van der Waals surface area contributed by atoms with Crippen molar-refractivity contribution in [3.05, 3.63) is 20.9 Å². The number of nitrogens with zero attached hydrogens (tertiary/aromatic N) is 6. The molecule has 0 aromatic carbocycles. The molecule has 0 rings (SSSR count). The molecule has 0 unspecified atom stereocenters. The van der Waals surface area contributed by atoms with Gasteiger partial charge in [-0.1, -0.05) is 10.2 Å². The summed E-state index contributed by atoms with van der Waals surface area (Å²) >= 11 is 0. The molecule has 0 amide bonds. The maximum Gasteiger partial charge on any atom is 0.322 e. The number of carbonyl (C=O) groups is 2. The van der Waals surface area contributed by atoms with Gasteiger partial charge in [-0.15, -0.1) is 0 Å². The van der Waals surface area contributed by atoms with E-state index in [-0.39, 0.29) is 12.8 Å². The Labute approximate surface area is 101 Å². The van der Waals surface area contributed by atoms with E-state index in [1.54, 1.807) is 0 Å². The van der Waals surface area contributed by atoms with Crippen molar-refractivity contribution < 1.29 is 19.4 Å². The summed E-state index contributed by atoms with van der Waals surface area (Å²) in [7, 11) is 0. The van der Waals surface area contributed by atoms with Gasteiger partial charge in [-0.3, -0.25) is 9.59 Å². The van der Waals surface area contributed by atoms with Gasteiger partial charge in [0.15, 0.2) is 0 Å². The number of nitrogens with two attached hydrogens (primary N) is 1. The van der Waals surface area contributed by atoms with Gasteiger partial charge in [0.1, 0.15) is 18.8 Å². The van der Waals surface area contributed by atoms with Crippen LogP contribution in [0.1, 0.15) is 12.8 Å². The van der Waals surface area contributed by atoms with Crippen LogP contribution in [-0.2, 0) is 14.3 Å². The molecule has 0 radical (unpaired) electrons. The summed E-state index contributed by atoms with van der Waals surface area (Å²) in [5.41, 5.74) is 21.6. The van der Waals surface area contributed by atoms with Crippen molar-refractivity contribution >= 4 is 11.9 Å². The van der Waals surface area contributed by atoms with Crippen LogP contribution in [0.4, 0.5) is 0 Å². The standard InChI is InChI=1S/C7H11N7O4/c8-4(1-2-6(15)16)7(17)18-3-5(11-13-9)12-14-10/h4-5H,1-3,8H2,(H,15,16)/t4-/m0/s1. The first-order valence-corrected chi connectivity index (χ1v) is 4.73. The molecular formula is C7H11N7O4. The Morgan fingerprint density at radius 3 is 2.33 bits per heavy atom. The summed E-state index contributed by atoms with van der Waals surface area (Å²) in [5, 5.41) is 14.5. The lowest BCUT2D eigenvalue weighted by Crippen LogP contribution is -2.34. The number of hydrogen-bond donors (Lipinski definition) is 2. The fraction of sp³-hybridized carbons (Fsp3) is 0.714. The second-order valence-electron chi connectivity index (χ2n) is 3.06. The lowest BCUT2D eigenvalue weighted by molar-refractivity contribution is -0.146. The summed E-state index contributed by atoms with van der Waals surface area (Å²) in [6.45, 7) is -0.451. The number of rotatable bonds is 8. The molecule has 0 fully saturated rings. The Morgan fingerprint density at radius 2 is 1.89 bits per heavy atom. The average molecular weight is 257 g/mol. The summed E-state index contributed by atoms with van der Waals surface area (Å²) in [5.74, 6) is -1.94. The van der Waals surface area contributed by atoms with Gasteiger partial charge in [0, 0.05) is 16.2 Å². The first-order valence-electron chi connectivity index (χ1n) is 4.73. The van der Waals surface area contributed by atoms with Crippen LogP contribution in [0.25, 0.3) is 20.9 Å². The van der Waals surface area contributed by atoms with E-state index in [4.69, 9.17) is 21.9 Å². The van der Waals surface area contributed by atoms with E-state index in [1.165, 1.54) is 0 Å². The van der Waals surface area contributed by atoms with Crippen LogP contribution in [0.15, 0.2) is 10.2 Å². The van der Waals surface area contributed by atoms with E-state index >= 15 is 0 Å². The fourth-order valence-corrected chi connectivity index (χ4v) is 0.870. The number of aliphatic carboxylic acids is 1. The Balaban J connectivity index is 4.17. The van der Waals surface area contributed by atoms with Crippen molar-refractivity contribution in [1.29, 1.82) is 0 Å². The number of esters is 1. The van der Waals surface area contributed by atoms with Crippen LogP contribution in [0.3, 0.4) is 0 Å². The van der Waals surface area contributed by atoms with Crippen LogP contribution in [0, 0.1) is 0 Å². The van der Waals surface area contributed by atoms with Gasteiger partial charge in [0.05, 0.1) is 0 Å². The van der Waals surface area contributed by atoms with E-state index in [9.17, 15) is 9.59 Å². The quantitative estimate of drug-likeness (QED) is 0.279. The highest BCUT2D eigenvalue weighted by atomic mass is 16.5. The highest BCUT2D eigenvalue weighted by Gasteiger charge is 2.17. The molecule has 11 nitrogen and oxygen atoms in total. The summed E-state index contributed by atoms with van der Waals surface area (Å²) in [4.78, 5) is 26.3. The normalized spacial score (nSPS) is 12.5. The highest BCUT2D eigenvalue weighted by molar-refractivity contribution is 5.76. The van der Waals surface area contributed by atoms with Gasteiger partial charge in [-0.25, -0.2) is 0 Å². The van der Waals surface area contributed by atoms with E-state index in [1.807, 2.05) is 0 Å². The summed E-state index contributed by atoms with van der Waals surface area (Å²) < 4.78 is 4.62. The third-order valence-corrected chi connectivity index (χ3v) is 1.72. The van der Waals surface area contributed by atoms with Crippen LogP contribution in [0.5, 0.6) is 0 Å². The minimum Gasteiger partial charge on any atom is -0.481 e. The molecule has 0 saturated carbocycles. The van der Waals surface area contributed by atoms with Crippen LogP contribution < -0.4 is 5.73 Å². The molecule has 0 aliphatic heterocycles. The predicted molar refractivity (Wildman–Crippen MR) is 57.9 cm³/mol. The topological polar surface area (TPSA) is 187 Å². The number of ether oxygens (including phenoxy) is 1. The van der Waals surface area contributed by atoms with Crippen molar-refractivity contribution in [2.75, 3.05) is 6.61 Å². The molecular weight excluding hydrogens is 246 g/mol. The van der Waals surface area contributed by atoms with Crippen LogP contribution >= 0.6 is 0 Å². The average Bonchev–Trinajstić information content (AvgIpc) is 2.33. The lowest BCUT2D eigenvalue weighted by Gasteiger charge is -2.11. The largest absolute Gasteiger partial charge is 0.481 e. The molecule has 0 saturated heterocycles. The van der Waals surface area contributed by atoms with E-state index < -0.39 is 30.8 Å². The smallest absolute Gasteiger partial charge is 0.322 e. The van der Waals surface area contributed by atoms with Gasteiger partial charge >= 0.3 is 11.9 Å². The Morgan fingerprint density at radius 1 is 1.33 bits per heavy atom.